The lowest BCUT2D eigenvalue weighted by molar-refractivity contribution is -0.129. The Morgan fingerprint density at radius 3 is 2.71 bits per heavy atom. The third-order valence-corrected chi connectivity index (χ3v) is 3.20. The summed E-state index contributed by atoms with van der Waals surface area (Å²) in [6, 6.07) is 15.4. The Bertz CT molecular complexity index is 691. The largest absolute Gasteiger partial charge is 0.341 e. The Balaban J connectivity index is 2.03. The van der Waals surface area contributed by atoms with Crippen LogP contribution >= 0.6 is 0 Å². The lowest BCUT2D eigenvalue weighted by Crippen LogP contribution is -2.28. The maximum Gasteiger partial charge on any atom is 0.227 e. The summed E-state index contributed by atoms with van der Waals surface area (Å²) in [4.78, 5) is 13.6. The third kappa shape index (κ3) is 3.90. The Labute approximate surface area is 123 Å². The number of benzene rings is 2. The highest BCUT2D eigenvalue weighted by molar-refractivity contribution is 5.78. The lowest BCUT2D eigenvalue weighted by atomic mass is 10.1. The highest BCUT2D eigenvalue weighted by Gasteiger charge is 2.12. The van der Waals surface area contributed by atoms with Crippen LogP contribution in [0.1, 0.15) is 16.7 Å². The van der Waals surface area contributed by atoms with Gasteiger partial charge in [-0.3, -0.25) is 4.79 Å². The monoisotopic (exact) mass is 282 g/mol. The van der Waals surface area contributed by atoms with Crippen molar-refractivity contribution in [1.29, 1.82) is 5.26 Å². The molecule has 21 heavy (non-hydrogen) atoms. The van der Waals surface area contributed by atoms with Gasteiger partial charge in [0.05, 0.1) is 18.1 Å². The summed E-state index contributed by atoms with van der Waals surface area (Å²) in [7, 11) is 1.67. The van der Waals surface area contributed by atoms with Crippen LogP contribution in [0.5, 0.6) is 0 Å². The molecule has 0 fully saturated rings. The van der Waals surface area contributed by atoms with Crippen LogP contribution in [0.3, 0.4) is 0 Å². The number of rotatable bonds is 4. The van der Waals surface area contributed by atoms with Gasteiger partial charge in [0.2, 0.25) is 5.91 Å². The zero-order valence-corrected chi connectivity index (χ0v) is 11.7. The van der Waals surface area contributed by atoms with Crippen molar-refractivity contribution in [3.8, 4) is 6.07 Å². The van der Waals surface area contributed by atoms with E-state index < -0.39 is 0 Å². The average Bonchev–Trinajstić information content (AvgIpc) is 2.49. The van der Waals surface area contributed by atoms with Gasteiger partial charge in [0.15, 0.2) is 0 Å². The molecule has 2 aromatic rings. The standard InChI is InChI=1S/C17H15FN2O/c1-20(12-14-6-4-5-13(9-14)11-19)17(21)10-15-7-2-3-8-16(15)18/h2-9H,10,12H2,1H3. The predicted molar refractivity (Wildman–Crippen MR) is 77.7 cm³/mol. The van der Waals surface area contributed by atoms with E-state index in [0.29, 0.717) is 17.7 Å². The van der Waals surface area contributed by atoms with Crippen molar-refractivity contribution in [2.24, 2.45) is 0 Å². The van der Waals surface area contributed by atoms with Gasteiger partial charge < -0.3 is 4.90 Å². The van der Waals surface area contributed by atoms with Gasteiger partial charge in [0, 0.05) is 13.6 Å². The zero-order valence-electron chi connectivity index (χ0n) is 11.7. The minimum Gasteiger partial charge on any atom is -0.341 e. The van der Waals surface area contributed by atoms with Crippen molar-refractivity contribution in [3.63, 3.8) is 0 Å². The average molecular weight is 282 g/mol. The molecule has 0 aliphatic carbocycles. The molecular weight excluding hydrogens is 267 g/mol. The lowest BCUT2D eigenvalue weighted by Gasteiger charge is -2.17. The molecule has 0 bridgehead atoms. The minimum atomic E-state index is -0.370. The van der Waals surface area contributed by atoms with Crippen molar-refractivity contribution in [2.75, 3.05) is 7.05 Å². The molecule has 0 heterocycles. The fraction of sp³-hybridized carbons (Fsp3) is 0.176. The molecule has 1 amide bonds. The van der Waals surface area contributed by atoms with Gasteiger partial charge in [-0.25, -0.2) is 4.39 Å². The van der Waals surface area contributed by atoms with Crippen LogP contribution in [0.15, 0.2) is 48.5 Å². The van der Waals surface area contributed by atoms with Gasteiger partial charge in [-0.15, -0.1) is 0 Å². The molecule has 2 aromatic carbocycles. The fourth-order valence-electron chi connectivity index (χ4n) is 2.04. The van der Waals surface area contributed by atoms with Gasteiger partial charge in [0.25, 0.3) is 0 Å². The Morgan fingerprint density at radius 1 is 1.24 bits per heavy atom. The predicted octanol–water partition coefficient (Wildman–Crippen LogP) is 2.90. The number of hydrogen-bond donors (Lipinski definition) is 0. The molecule has 0 N–H and O–H groups in total. The summed E-state index contributed by atoms with van der Waals surface area (Å²) in [6.07, 6.45) is 0.0289. The van der Waals surface area contributed by atoms with Crippen molar-refractivity contribution in [1.82, 2.24) is 4.90 Å². The number of halogens is 1. The maximum absolute atomic E-state index is 13.5. The van der Waals surface area contributed by atoms with Crippen LogP contribution in [-0.4, -0.2) is 17.9 Å². The number of amides is 1. The van der Waals surface area contributed by atoms with E-state index in [1.807, 2.05) is 6.07 Å². The first-order chi connectivity index (χ1) is 10.1. The quantitative estimate of drug-likeness (QED) is 0.865. The molecule has 0 atom stereocenters. The normalized spacial score (nSPS) is 9.95. The first kappa shape index (κ1) is 14.7. The van der Waals surface area contributed by atoms with Gasteiger partial charge in [-0.05, 0) is 29.3 Å². The van der Waals surface area contributed by atoms with Gasteiger partial charge in [-0.1, -0.05) is 30.3 Å². The first-order valence-corrected chi connectivity index (χ1v) is 6.56. The highest BCUT2D eigenvalue weighted by Crippen LogP contribution is 2.11. The molecule has 0 saturated heterocycles. The fourth-order valence-corrected chi connectivity index (χ4v) is 2.04. The molecule has 0 aliphatic heterocycles. The molecule has 0 aromatic heterocycles. The minimum absolute atomic E-state index is 0.0289. The maximum atomic E-state index is 13.5. The van der Waals surface area contributed by atoms with E-state index in [4.69, 9.17) is 5.26 Å². The van der Waals surface area contributed by atoms with Crippen molar-refractivity contribution < 1.29 is 9.18 Å². The molecular formula is C17H15FN2O. The molecule has 2 rings (SSSR count). The van der Waals surface area contributed by atoms with Crippen LogP contribution in [-0.2, 0) is 17.8 Å². The Hall–Kier alpha value is -2.67. The van der Waals surface area contributed by atoms with Crippen LogP contribution < -0.4 is 0 Å². The van der Waals surface area contributed by atoms with E-state index in [-0.39, 0.29) is 18.1 Å². The van der Waals surface area contributed by atoms with Crippen LogP contribution in [0.2, 0.25) is 0 Å². The van der Waals surface area contributed by atoms with E-state index in [2.05, 4.69) is 6.07 Å². The van der Waals surface area contributed by atoms with Gasteiger partial charge >= 0.3 is 0 Å². The van der Waals surface area contributed by atoms with E-state index >= 15 is 0 Å². The molecule has 0 spiro atoms. The summed E-state index contributed by atoms with van der Waals surface area (Å²) in [5.74, 6) is -0.534. The first-order valence-electron chi connectivity index (χ1n) is 6.56. The number of hydrogen-bond acceptors (Lipinski definition) is 2. The zero-order chi connectivity index (χ0) is 15.2. The topological polar surface area (TPSA) is 44.1 Å². The van der Waals surface area contributed by atoms with E-state index in [9.17, 15) is 9.18 Å². The van der Waals surface area contributed by atoms with Gasteiger partial charge in [-0.2, -0.15) is 5.26 Å². The van der Waals surface area contributed by atoms with E-state index in [0.717, 1.165) is 5.56 Å². The van der Waals surface area contributed by atoms with Crippen LogP contribution in [0, 0.1) is 17.1 Å². The van der Waals surface area contributed by atoms with Crippen molar-refractivity contribution >= 4 is 5.91 Å². The molecule has 3 nitrogen and oxygen atoms in total. The molecule has 106 valence electrons. The molecule has 0 unspecified atom stereocenters. The summed E-state index contributed by atoms with van der Waals surface area (Å²) >= 11 is 0. The Morgan fingerprint density at radius 2 is 2.00 bits per heavy atom. The number of nitrogens with zero attached hydrogens (tertiary/aromatic N) is 2. The molecule has 4 heteroatoms. The summed E-state index contributed by atoms with van der Waals surface area (Å²) in [5, 5.41) is 8.86. The van der Waals surface area contributed by atoms with E-state index in [1.165, 1.54) is 11.0 Å². The SMILES string of the molecule is CN(Cc1cccc(C#N)c1)C(=O)Cc1ccccc1F. The van der Waals surface area contributed by atoms with Crippen molar-refractivity contribution in [2.45, 2.75) is 13.0 Å². The Kier molecular flexibility index (Phi) is 4.68. The number of carbonyl (C=O) groups is 1. The number of nitriles is 1. The summed E-state index contributed by atoms with van der Waals surface area (Å²) < 4.78 is 13.5. The highest BCUT2D eigenvalue weighted by atomic mass is 19.1. The smallest absolute Gasteiger partial charge is 0.227 e. The second-order valence-corrected chi connectivity index (χ2v) is 4.83. The second kappa shape index (κ2) is 6.67. The summed E-state index contributed by atoms with van der Waals surface area (Å²) in [5.41, 5.74) is 1.82. The molecule has 0 aliphatic rings. The second-order valence-electron chi connectivity index (χ2n) is 4.83. The molecule has 0 radical (unpaired) electrons. The third-order valence-electron chi connectivity index (χ3n) is 3.20. The number of carbonyl (C=O) groups excluding carboxylic acids is 1. The van der Waals surface area contributed by atoms with Crippen molar-refractivity contribution in [3.05, 3.63) is 71.0 Å². The van der Waals surface area contributed by atoms with Crippen LogP contribution in [0.4, 0.5) is 4.39 Å². The van der Waals surface area contributed by atoms with Gasteiger partial charge in [0.1, 0.15) is 5.82 Å². The van der Waals surface area contributed by atoms with Crippen LogP contribution in [0.25, 0.3) is 0 Å². The summed E-state index contributed by atoms with van der Waals surface area (Å²) in [6.45, 7) is 0.392. The molecule has 0 saturated carbocycles. The number of likely N-dealkylation sites (N-methyl/N-ethyl adjacent to an activating group) is 1. The van der Waals surface area contributed by atoms with E-state index in [1.54, 1.807) is 43.4 Å².